The summed E-state index contributed by atoms with van der Waals surface area (Å²) in [6.45, 7) is 9.23. The highest BCUT2D eigenvalue weighted by Crippen LogP contribution is 2.36. The van der Waals surface area contributed by atoms with Crippen molar-refractivity contribution in [1.82, 2.24) is 4.90 Å². The quantitative estimate of drug-likeness (QED) is 0.658. The normalized spacial score (nSPS) is 27.4. The molecule has 2 rings (SSSR count). The summed E-state index contributed by atoms with van der Waals surface area (Å²) in [7, 11) is 0. The lowest BCUT2D eigenvalue weighted by molar-refractivity contribution is -0.114. The monoisotopic (exact) mass is 207 g/mol. The van der Waals surface area contributed by atoms with Crippen LogP contribution in [0.3, 0.4) is 0 Å². The molecule has 1 aliphatic carbocycles. The Morgan fingerprint density at radius 3 is 2.53 bits per heavy atom. The number of ketones is 1. The summed E-state index contributed by atoms with van der Waals surface area (Å²) in [5.74, 6) is 1.08. The standard InChI is InChI=1S/C13H21NO/c1-13(2,3)10-6-7-14(9-10)11-4-5-12(15)8-11/h8,10H,4-7,9H2,1-3H3. The molecule has 2 nitrogen and oxygen atoms in total. The first-order valence-electron chi connectivity index (χ1n) is 5.95. The van der Waals surface area contributed by atoms with Crippen LogP contribution >= 0.6 is 0 Å². The number of hydrogen-bond donors (Lipinski definition) is 0. The minimum Gasteiger partial charge on any atom is -0.374 e. The zero-order valence-electron chi connectivity index (χ0n) is 10.0. The molecule has 0 spiro atoms. The second-order valence-electron chi connectivity index (χ2n) is 5.90. The largest absolute Gasteiger partial charge is 0.374 e. The number of carbonyl (C=O) groups is 1. The molecule has 2 aliphatic rings. The number of rotatable bonds is 1. The first-order valence-corrected chi connectivity index (χ1v) is 5.95. The van der Waals surface area contributed by atoms with Crippen molar-refractivity contribution in [3.8, 4) is 0 Å². The second kappa shape index (κ2) is 3.66. The topological polar surface area (TPSA) is 20.3 Å². The minimum absolute atomic E-state index is 0.309. The van der Waals surface area contributed by atoms with E-state index in [1.165, 1.54) is 12.1 Å². The number of likely N-dealkylation sites (tertiary alicyclic amines) is 1. The molecule has 1 saturated heterocycles. The Hall–Kier alpha value is -0.790. The third kappa shape index (κ3) is 2.24. The fraction of sp³-hybridized carbons (Fsp3) is 0.769. The highest BCUT2D eigenvalue weighted by atomic mass is 16.1. The lowest BCUT2D eigenvalue weighted by Gasteiger charge is -2.27. The van der Waals surface area contributed by atoms with Crippen LogP contribution in [0.25, 0.3) is 0 Å². The van der Waals surface area contributed by atoms with E-state index in [0.29, 0.717) is 11.2 Å². The Bertz CT molecular complexity index is 298. The molecule has 15 heavy (non-hydrogen) atoms. The smallest absolute Gasteiger partial charge is 0.157 e. The van der Waals surface area contributed by atoms with Gasteiger partial charge in [0.25, 0.3) is 0 Å². The second-order valence-corrected chi connectivity index (χ2v) is 5.90. The average molecular weight is 207 g/mol. The van der Waals surface area contributed by atoms with Crippen molar-refractivity contribution < 1.29 is 4.79 Å². The molecule has 1 atom stereocenters. The summed E-state index contributed by atoms with van der Waals surface area (Å²) in [6, 6.07) is 0. The van der Waals surface area contributed by atoms with E-state index in [4.69, 9.17) is 0 Å². The predicted molar refractivity (Wildman–Crippen MR) is 61.5 cm³/mol. The van der Waals surface area contributed by atoms with E-state index in [1.54, 1.807) is 0 Å². The molecule has 0 aromatic heterocycles. The molecule has 1 aliphatic heterocycles. The molecule has 1 unspecified atom stereocenters. The van der Waals surface area contributed by atoms with Gasteiger partial charge in [-0.1, -0.05) is 20.8 Å². The molecule has 0 amide bonds. The van der Waals surface area contributed by atoms with Gasteiger partial charge in [-0.15, -0.1) is 0 Å². The van der Waals surface area contributed by atoms with E-state index in [2.05, 4.69) is 25.7 Å². The predicted octanol–water partition coefficient (Wildman–Crippen LogP) is 2.60. The van der Waals surface area contributed by atoms with Crippen LogP contribution in [-0.4, -0.2) is 23.8 Å². The summed E-state index contributed by atoms with van der Waals surface area (Å²) >= 11 is 0. The van der Waals surface area contributed by atoms with Crippen molar-refractivity contribution in [2.24, 2.45) is 11.3 Å². The lowest BCUT2D eigenvalue weighted by Crippen LogP contribution is -2.25. The van der Waals surface area contributed by atoms with Crippen molar-refractivity contribution in [1.29, 1.82) is 0 Å². The molecule has 0 bridgehead atoms. The van der Waals surface area contributed by atoms with Crippen LogP contribution in [0.15, 0.2) is 11.8 Å². The Morgan fingerprint density at radius 1 is 1.33 bits per heavy atom. The molecule has 0 saturated carbocycles. The van der Waals surface area contributed by atoms with E-state index in [-0.39, 0.29) is 0 Å². The zero-order chi connectivity index (χ0) is 11.1. The maximum absolute atomic E-state index is 11.2. The van der Waals surface area contributed by atoms with Crippen molar-refractivity contribution >= 4 is 5.78 Å². The van der Waals surface area contributed by atoms with Gasteiger partial charge in [0, 0.05) is 31.3 Å². The molecule has 84 valence electrons. The van der Waals surface area contributed by atoms with Crippen LogP contribution in [-0.2, 0) is 4.79 Å². The summed E-state index contributed by atoms with van der Waals surface area (Å²) in [4.78, 5) is 13.6. The van der Waals surface area contributed by atoms with Crippen LogP contribution in [0.1, 0.15) is 40.0 Å². The summed E-state index contributed by atoms with van der Waals surface area (Å²) in [5, 5.41) is 0. The van der Waals surface area contributed by atoms with Crippen LogP contribution in [0.4, 0.5) is 0 Å². The van der Waals surface area contributed by atoms with Gasteiger partial charge >= 0.3 is 0 Å². The van der Waals surface area contributed by atoms with E-state index in [9.17, 15) is 4.79 Å². The van der Waals surface area contributed by atoms with Gasteiger partial charge in [-0.2, -0.15) is 0 Å². The van der Waals surface area contributed by atoms with Crippen LogP contribution in [0.5, 0.6) is 0 Å². The van der Waals surface area contributed by atoms with Gasteiger partial charge in [0.15, 0.2) is 5.78 Å². The zero-order valence-corrected chi connectivity index (χ0v) is 10.0. The van der Waals surface area contributed by atoms with E-state index in [0.717, 1.165) is 31.8 Å². The Balaban J connectivity index is 1.99. The van der Waals surface area contributed by atoms with Crippen LogP contribution in [0.2, 0.25) is 0 Å². The number of hydrogen-bond acceptors (Lipinski definition) is 2. The molecule has 0 aromatic carbocycles. The molecular formula is C13H21NO. The van der Waals surface area contributed by atoms with Gasteiger partial charge in [0.05, 0.1) is 0 Å². The van der Waals surface area contributed by atoms with Crippen molar-refractivity contribution in [2.75, 3.05) is 13.1 Å². The Labute approximate surface area is 92.3 Å². The van der Waals surface area contributed by atoms with E-state index in [1.807, 2.05) is 6.08 Å². The van der Waals surface area contributed by atoms with Crippen molar-refractivity contribution in [3.63, 3.8) is 0 Å². The molecule has 0 aromatic rings. The van der Waals surface area contributed by atoms with Gasteiger partial charge in [0.2, 0.25) is 0 Å². The van der Waals surface area contributed by atoms with Crippen molar-refractivity contribution in [2.45, 2.75) is 40.0 Å². The maximum Gasteiger partial charge on any atom is 0.157 e. The number of nitrogens with zero attached hydrogens (tertiary/aromatic N) is 1. The van der Waals surface area contributed by atoms with Gasteiger partial charge in [-0.25, -0.2) is 0 Å². The van der Waals surface area contributed by atoms with Gasteiger partial charge < -0.3 is 4.90 Å². The Morgan fingerprint density at radius 2 is 2.07 bits per heavy atom. The van der Waals surface area contributed by atoms with E-state index >= 15 is 0 Å². The number of allylic oxidation sites excluding steroid dienone is 2. The minimum atomic E-state index is 0.309. The molecule has 0 N–H and O–H groups in total. The SMILES string of the molecule is CC(C)(C)C1CCN(C2=CC(=O)CC2)C1. The molecule has 2 heteroatoms. The summed E-state index contributed by atoms with van der Waals surface area (Å²) < 4.78 is 0. The fourth-order valence-electron chi connectivity index (χ4n) is 2.56. The first kappa shape index (κ1) is 10.7. The van der Waals surface area contributed by atoms with Crippen LogP contribution in [0, 0.1) is 11.3 Å². The lowest BCUT2D eigenvalue weighted by atomic mass is 9.80. The van der Waals surface area contributed by atoms with Gasteiger partial charge in [-0.3, -0.25) is 4.79 Å². The molecule has 1 fully saturated rings. The highest BCUT2D eigenvalue weighted by Gasteiger charge is 2.33. The molecular weight excluding hydrogens is 186 g/mol. The molecule has 1 heterocycles. The van der Waals surface area contributed by atoms with Gasteiger partial charge in [-0.05, 0) is 24.2 Å². The third-order valence-electron chi connectivity index (χ3n) is 3.77. The summed E-state index contributed by atoms with van der Waals surface area (Å²) in [6.07, 6.45) is 4.82. The average Bonchev–Trinajstić information content (AvgIpc) is 2.69. The fourth-order valence-corrected chi connectivity index (χ4v) is 2.56. The van der Waals surface area contributed by atoms with Gasteiger partial charge in [0.1, 0.15) is 0 Å². The number of carbonyl (C=O) groups excluding carboxylic acids is 1. The first-order chi connectivity index (χ1) is 6.97. The van der Waals surface area contributed by atoms with Crippen molar-refractivity contribution in [3.05, 3.63) is 11.8 Å². The van der Waals surface area contributed by atoms with E-state index < -0.39 is 0 Å². The van der Waals surface area contributed by atoms with Crippen LogP contribution < -0.4 is 0 Å². The molecule has 0 radical (unpaired) electrons. The highest BCUT2D eigenvalue weighted by molar-refractivity contribution is 5.92. The maximum atomic E-state index is 11.2. The summed E-state index contributed by atoms with van der Waals surface area (Å²) in [5.41, 5.74) is 1.68. The third-order valence-corrected chi connectivity index (χ3v) is 3.77. The Kier molecular flexibility index (Phi) is 2.61.